The molecule has 2 aromatic rings. The molecule has 1 aromatic carbocycles. The van der Waals surface area contributed by atoms with Gasteiger partial charge < -0.3 is 0 Å². The SMILES string of the molecule is C=Cc1nc(N2N=C(C)/C(=C\C=C3/CCC(C)c4ccccc4C3(C)C)C2=O)sc1C=C. The van der Waals surface area contributed by atoms with E-state index in [4.69, 9.17) is 0 Å². The second-order valence-electron chi connectivity index (χ2n) is 8.88. The lowest BCUT2D eigenvalue weighted by Crippen LogP contribution is -2.22. The van der Waals surface area contributed by atoms with E-state index in [1.54, 1.807) is 12.2 Å². The summed E-state index contributed by atoms with van der Waals surface area (Å²) in [6.45, 7) is 16.3. The monoisotopic (exact) mass is 443 g/mol. The third kappa shape index (κ3) is 3.71. The number of hydrogen-bond donors (Lipinski definition) is 0. The van der Waals surface area contributed by atoms with Crippen LogP contribution in [0.2, 0.25) is 0 Å². The minimum atomic E-state index is -0.153. The fourth-order valence-electron chi connectivity index (χ4n) is 4.54. The smallest absolute Gasteiger partial charge is 0.267 e. The van der Waals surface area contributed by atoms with Crippen LogP contribution in [0.15, 0.2) is 65.8 Å². The number of allylic oxidation sites excluding steroid dienone is 3. The van der Waals surface area contributed by atoms with Crippen molar-refractivity contribution in [2.24, 2.45) is 5.10 Å². The van der Waals surface area contributed by atoms with Gasteiger partial charge in [-0.15, -0.1) is 0 Å². The maximum absolute atomic E-state index is 13.2. The molecule has 0 radical (unpaired) electrons. The molecule has 1 amide bonds. The van der Waals surface area contributed by atoms with Gasteiger partial charge in [0, 0.05) is 5.41 Å². The molecule has 5 heteroatoms. The molecule has 4 nitrogen and oxygen atoms in total. The number of nitrogens with zero attached hydrogens (tertiary/aromatic N) is 3. The number of carbonyl (C=O) groups excluding carboxylic acids is 1. The first-order valence-corrected chi connectivity index (χ1v) is 11.8. The largest absolute Gasteiger partial charge is 0.282 e. The zero-order chi connectivity index (χ0) is 23.0. The lowest BCUT2D eigenvalue weighted by Gasteiger charge is -2.29. The fourth-order valence-corrected chi connectivity index (χ4v) is 5.41. The highest BCUT2D eigenvalue weighted by atomic mass is 32.1. The molecule has 1 atom stereocenters. The Morgan fingerprint density at radius 2 is 1.94 bits per heavy atom. The summed E-state index contributed by atoms with van der Waals surface area (Å²) in [7, 11) is 0. The average Bonchev–Trinajstić information content (AvgIpc) is 3.30. The van der Waals surface area contributed by atoms with Gasteiger partial charge in [-0.1, -0.05) is 81.2 Å². The number of anilines is 1. The van der Waals surface area contributed by atoms with Crippen molar-refractivity contribution in [3.05, 3.63) is 82.4 Å². The first-order valence-electron chi connectivity index (χ1n) is 10.9. The minimum absolute atomic E-state index is 0.0994. The number of rotatable bonds is 4. The van der Waals surface area contributed by atoms with Gasteiger partial charge in [-0.05, 0) is 55.0 Å². The van der Waals surface area contributed by atoms with Gasteiger partial charge in [-0.25, -0.2) is 4.98 Å². The second kappa shape index (κ2) is 8.47. The normalized spacial score (nSPS) is 22.6. The van der Waals surface area contributed by atoms with Crippen LogP contribution in [-0.4, -0.2) is 16.6 Å². The van der Waals surface area contributed by atoms with E-state index < -0.39 is 0 Å². The number of hydrogen-bond acceptors (Lipinski definition) is 4. The Hall–Kier alpha value is -3.05. The van der Waals surface area contributed by atoms with Crippen molar-refractivity contribution in [1.29, 1.82) is 0 Å². The highest BCUT2D eigenvalue weighted by molar-refractivity contribution is 7.16. The first-order chi connectivity index (χ1) is 15.3. The maximum atomic E-state index is 13.2. The number of aromatic nitrogens is 1. The topological polar surface area (TPSA) is 45.6 Å². The van der Waals surface area contributed by atoms with E-state index in [0.29, 0.717) is 28.0 Å². The predicted molar refractivity (Wildman–Crippen MR) is 136 cm³/mol. The Morgan fingerprint density at radius 3 is 2.62 bits per heavy atom. The fraction of sp³-hybridized carbons (Fsp3) is 0.296. The summed E-state index contributed by atoms with van der Waals surface area (Å²) in [4.78, 5) is 18.6. The van der Waals surface area contributed by atoms with Crippen molar-refractivity contribution in [2.45, 2.75) is 51.9 Å². The van der Waals surface area contributed by atoms with Crippen molar-refractivity contribution in [3.63, 3.8) is 0 Å². The van der Waals surface area contributed by atoms with Crippen LogP contribution in [0.5, 0.6) is 0 Å². The summed E-state index contributed by atoms with van der Waals surface area (Å²) in [5.41, 5.74) is 6.05. The zero-order valence-electron chi connectivity index (χ0n) is 19.2. The van der Waals surface area contributed by atoms with Gasteiger partial charge in [0.2, 0.25) is 5.13 Å². The van der Waals surface area contributed by atoms with Crippen LogP contribution in [-0.2, 0) is 10.2 Å². The number of fused-ring (bicyclic) bond motifs is 1. The van der Waals surface area contributed by atoms with E-state index in [2.05, 4.69) is 74.4 Å². The molecule has 1 aliphatic heterocycles. The zero-order valence-corrected chi connectivity index (χ0v) is 20.0. The molecule has 32 heavy (non-hydrogen) atoms. The van der Waals surface area contributed by atoms with Crippen molar-refractivity contribution >= 4 is 40.2 Å². The molecule has 1 aliphatic carbocycles. The third-order valence-corrected chi connectivity index (χ3v) is 7.60. The van der Waals surface area contributed by atoms with Crippen LogP contribution in [0.4, 0.5) is 5.13 Å². The summed E-state index contributed by atoms with van der Waals surface area (Å²) < 4.78 is 0. The van der Waals surface area contributed by atoms with E-state index in [0.717, 1.165) is 17.7 Å². The Balaban J connectivity index is 1.68. The number of thiazole rings is 1. The lowest BCUT2D eigenvalue weighted by molar-refractivity contribution is -0.114. The van der Waals surface area contributed by atoms with Crippen molar-refractivity contribution < 1.29 is 4.79 Å². The van der Waals surface area contributed by atoms with E-state index in [9.17, 15) is 4.79 Å². The maximum Gasteiger partial charge on any atom is 0.282 e. The van der Waals surface area contributed by atoms with E-state index in [-0.39, 0.29) is 11.3 Å². The van der Waals surface area contributed by atoms with Gasteiger partial charge in [0.15, 0.2) is 0 Å². The number of benzene rings is 1. The third-order valence-electron chi connectivity index (χ3n) is 6.56. The highest BCUT2D eigenvalue weighted by Gasteiger charge is 2.33. The molecule has 164 valence electrons. The Morgan fingerprint density at radius 1 is 1.19 bits per heavy atom. The highest BCUT2D eigenvalue weighted by Crippen LogP contribution is 2.43. The van der Waals surface area contributed by atoms with Gasteiger partial charge in [0.1, 0.15) is 0 Å². The van der Waals surface area contributed by atoms with Gasteiger partial charge >= 0.3 is 0 Å². The predicted octanol–water partition coefficient (Wildman–Crippen LogP) is 6.88. The molecule has 0 fully saturated rings. The number of hydrazone groups is 1. The van der Waals surface area contributed by atoms with Crippen molar-refractivity contribution in [3.8, 4) is 0 Å². The minimum Gasteiger partial charge on any atom is -0.267 e. The van der Waals surface area contributed by atoms with E-state index >= 15 is 0 Å². The quantitative estimate of drug-likeness (QED) is 0.382. The van der Waals surface area contributed by atoms with Crippen LogP contribution in [0.1, 0.15) is 68.2 Å². The molecule has 4 rings (SSSR count). The molecular weight excluding hydrogens is 414 g/mol. The molecule has 2 aliphatic rings. The summed E-state index contributed by atoms with van der Waals surface area (Å²) in [6, 6.07) is 8.74. The standard InChI is InChI=1S/C27H29N3OS/c1-7-23-24(8-2)32-26(28-23)30-25(31)21(18(4)29-30)16-15-19-14-13-17(3)20-11-9-10-12-22(20)27(19,5)6/h7-12,15-17H,1-2,13-14H2,3-6H3/b19-15+,21-16+. The summed E-state index contributed by atoms with van der Waals surface area (Å²) in [5, 5.41) is 6.42. The van der Waals surface area contributed by atoms with Crippen LogP contribution in [0.25, 0.3) is 12.2 Å². The lowest BCUT2D eigenvalue weighted by atomic mass is 9.75. The van der Waals surface area contributed by atoms with Crippen LogP contribution in [0.3, 0.4) is 0 Å². The summed E-state index contributed by atoms with van der Waals surface area (Å²) in [5.74, 6) is 0.360. The first kappa shape index (κ1) is 22.2. The van der Waals surface area contributed by atoms with Crippen LogP contribution >= 0.6 is 11.3 Å². The number of carbonyl (C=O) groups is 1. The van der Waals surface area contributed by atoms with Gasteiger partial charge in [0.05, 0.1) is 21.9 Å². The van der Waals surface area contributed by atoms with Gasteiger partial charge in [-0.2, -0.15) is 10.1 Å². The molecule has 0 bridgehead atoms. The van der Waals surface area contributed by atoms with E-state index in [1.165, 1.54) is 33.0 Å². The van der Waals surface area contributed by atoms with Gasteiger partial charge in [-0.3, -0.25) is 4.79 Å². The van der Waals surface area contributed by atoms with Gasteiger partial charge in [0.25, 0.3) is 5.91 Å². The molecule has 2 heterocycles. The summed E-state index contributed by atoms with van der Waals surface area (Å²) in [6.07, 6.45) is 9.56. The van der Waals surface area contributed by atoms with Crippen LogP contribution in [0, 0.1) is 0 Å². The Bertz CT molecular complexity index is 1170. The van der Waals surface area contributed by atoms with Crippen LogP contribution < -0.4 is 5.01 Å². The Labute approximate surface area is 194 Å². The molecule has 1 unspecified atom stereocenters. The van der Waals surface area contributed by atoms with E-state index in [1.807, 2.05) is 13.0 Å². The Kier molecular flexibility index (Phi) is 5.87. The molecule has 0 saturated carbocycles. The average molecular weight is 444 g/mol. The van der Waals surface area contributed by atoms with Crippen molar-refractivity contribution in [1.82, 2.24) is 4.98 Å². The summed E-state index contributed by atoms with van der Waals surface area (Å²) >= 11 is 1.39. The molecule has 0 N–H and O–H groups in total. The number of amides is 1. The molecular formula is C27H29N3OS. The molecule has 0 saturated heterocycles. The molecule has 1 aromatic heterocycles. The second-order valence-corrected chi connectivity index (χ2v) is 9.89. The van der Waals surface area contributed by atoms with Crippen molar-refractivity contribution in [2.75, 3.05) is 5.01 Å². The molecule has 0 spiro atoms.